The fourth-order valence-electron chi connectivity index (χ4n) is 4.10. The van der Waals surface area contributed by atoms with E-state index in [1.807, 2.05) is 18.2 Å². The molecular weight excluding hydrogens is 385 g/mol. The van der Waals surface area contributed by atoms with Crippen molar-refractivity contribution in [2.45, 2.75) is 12.5 Å². The minimum atomic E-state index is -0.274. The van der Waals surface area contributed by atoms with Crippen molar-refractivity contribution in [3.8, 4) is 5.75 Å². The second-order valence-corrected chi connectivity index (χ2v) is 7.85. The van der Waals surface area contributed by atoms with Gasteiger partial charge in [-0.3, -0.25) is 0 Å². The van der Waals surface area contributed by atoms with Crippen LogP contribution in [0.25, 0.3) is 0 Å². The van der Waals surface area contributed by atoms with Crippen LogP contribution in [0.1, 0.15) is 18.1 Å². The summed E-state index contributed by atoms with van der Waals surface area (Å²) in [5.74, 6) is 0.991. The quantitative estimate of drug-likeness (QED) is 0.816. The number of benzene rings is 2. The number of methoxy groups -OCH3 is 1. The van der Waals surface area contributed by atoms with Gasteiger partial charge >= 0.3 is 6.03 Å². The van der Waals surface area contributed by atoms with E-state index in [1.54, 1.807) is 24.1 Å². The second-order valence-electron chi connectivity index (χ2n) is 7.85. The van der Waals surface area contributed by atoms with Gasteiger partial charge in [-0.15, -0.1) is 0 Å². The van der Waals surface area contributed by atoms with E-state index < -0.39 is 0 Å². The van der Waals surface area contributed by atoms with E-state index in [0.717, 1.165) is 36.5 Å². The first-order valence-electron chi connectivity index (χ1n) is 10.4. The normalized spacial score (nSPS) is 21.5. The number of hydrogen-bond donors (Lipinski definition) is 1. The monoisotopic (exact) mass is 413 g/mol. The third-order valence-corrected chi connectivity index (χ3v) is 5.84. The molecule has 6 nitrogen and oxygen atoms in total. The molecule has 4 rings (SSSR count). The van der Waals surface area contributed by atoms with Gasteiger partial charge in [0.2, 0.25) is 0 Å². The highest BCUT2D eigenvalue weighted by Crippen LogP contribution is 2.27. The Balaban J connectivity index is 1.26. The van der Waals surface area contributed by atoms with Gasteiger partial charge in [0.25, 0.3) is 0 Å². The first kappa shape index (κ1) is 20.5. The molecule has 2 unspecified atom stereocenters. The zero-order valence-corrected chi connectivity index (χ0v) is 17.2. The molecule has 0 radical (unpaired) electrons. The maximum atomic E-state index is 13.2. The third kappa shape index (κ3) is 4.84. The molecule has 2 saturated heterocycles. The molecule has 30 heavy (non-hydrogen) atoms. The van der Waals surface area contributed by atoms with E-state index in [1.165, 1.54) is 12.1 Å². The van der Waals surface area contributed by atoms with Gasteiger partial charge in [0.05, 0.1) is 20.3 Å². The molecule has 2 fully saturated rings. The molecule has 1 N–H and O–H groups in total. The van der Waals surface area contributed by atoms with Crippen LogP contribution in [0.2, 0.25) is 0 Å². The molecule has 2 amide bonds. The molecule has 160 valence electrons. The summed E-state index contributed by atoms with van der Waals surface area (Å²) in [6, 6.07) is 14.3. The van der Waals surface area contributed by atoms with E-state index in [9.17, 15) is 9.18 Å². The minimum Gasteiger partial charge on any atom is -0.497 e. The van der Waals surface area contributed by atoms with Crippen molar-refractivity contribution in [1.82, 2.24) is 10.2 Å². The molecule has 0 aliphatic carbocycles. The fraction of sp³-hybridized carbons (Fsp3) is 0.435. The predicted octanol–water partition coefficient (Wildman–Crippen LogP) is 3.44. The van der Waals surface area contributed by atoms with E-state index in [0.29, 0.717) is 32.2 Å². The number of carbonyl (C=O) groups is 1. The first-order valence-corrected chi connectivity index (χ1v) is 10.4. The molecular formula is C23H28FN3O3. The maximum Gasteiger partial charge on any atom is 0.317 e. The van der Waals surface area contributed by atoms with E-state index in [4.69, 9.17) is 9.47 Å². The number of ether oxygens (including phenoxy) is 2. The van der Waals surface area contributed by atoms with Crippen LogP contribution in [0, 0.1) is 11.7 Å². The highest BCUT2D eigenvalue weighted by atomic mass is 19.1. The molecule has 7 heteroatoms. The number of anilines is 1. The Morgan fingerprint density at radius 1 is 1.20 bits per heavy atom. The van der Waals surface area contributed by atoms with Crippen LogP contribution in [0.5, 0.6) is 5.75 Å². The van der Waals surface area contributed by atoms with Crippen LogP contribution in [-0.4, -0.2) is 57.4 Å². The van der Waals surface area contributed by atoms with Crippen molar-refractivity contribution >= 4 is 11.7 Å². The van der Waals surface area contributed by atoms with Gasteiger partial charge in [0, 0.05) is 37.9 Å². The van der Waals surface area contributed by atoms with Gasteiger partial charge in [0.15, 0.2) is 0 Å². The van der Waals surface area contributed by atoms with Crippen LogP contribution < -0.4 is 15.0 Å². The summed E-state index contributed by atoms with van der Waals surface area (Å²) >= 11 is 0. The number of halogens is 1. The number of nitrogens with one attached hydrogen (secondary N) is 1. The SMILES string of the molecule is COc1cccc(N2CCC(CNC(=O)N3CCOC(c4ccc(F)cc4)C3)C2)c1. The average molecular weight is 413 g/mol. The number of carbonyl (C=O) groups excluding carboxylic acids is 1. The molecule has 2 heterocycles. The summed E-state index contributed by atoms with van der Waals surface area (Å²) in [5, 5.41) is 3.09. The predicted molar refractivity (Wildman–Crippen MR) is 113 cm³/mol. The Kier molecular flexibility index (Phi) is 6.38. The van der Waals surface area contributed by atoms with Crippen molar-refractivity contribution in [3.63, 3.8) is 0 Å². The van der Waals surface area contributed by atoms with Crippen LogP contribution >= 0.6 is 0 Å². The molecule has 2 aromatic carbocycles. The average Bonchev–Trinajstić information content (AvgIpc) is 3.27. The van der Waals surface area contributed by atoms with Gasteiger partial charge in [-0.05, 0) is 42.2 Å². The Labute approximate surface area is 176 Å². The zero-order chi connectivity index (χ0) is 20.9. The molecule has 2 atom stereocenters. The standard InChI is InChI=1S/C23H28FN3O3/c1-29-21-4-2-3-20(13-21)26-10-9-17(15-26)14-25-23(28)27-11-12-30-22(16-27)18-5-7-19(24)8-6-18/h2-8,13,17,22H,9-12,14-16H2,1H3,(H,25,28). The lowest BCUT2D eigenvalue weighted by atomic mass is 10.1. The summed E-state index contributed by atoms with van der Waals surface area (Å²) in [5.41, 5.74) is 2.04. The Hall–Kier alpha value is -2.80. The maximum absolute atomic E-state index is 13.2. The van der Waals surface area contributed by atoms with Crippen molar-refractivity contribution in [1.29, 1.82) is 0 Å². The van der Waals surface area contributed by atoms with Crippen LogP contribution in [0.3, 0.4) is 0 Å². The lowest BCUT2D eigenvalue weighted by molar-refractivity contribution is -0.0155. The molecule has 2 aliphatic heterocycles. The summed E-state index contributed by atoms with van der Waals surface area (Å²) in [6.45, 7) is 4.04. The first-order chi connectivity index (χ1) is 14.6. The van der Waals surface area contributed by atoms with Crippen LogP contribution in [-0.2, 0) is 4.74 Å². The smallest absolute Gasteiger partial charge is 0.317 e. The molecule has 0 saturated carbocycles. The molecule has 0 spiro atoms. The van der Waals surface area contributed by atoms with Gasteiger partial charge in [-0.25, -0.2) is 9.18 Å². The largest absolute Gasteiger partial charge is 0.497 e. The highest BCUT2D eigenvalue weighted by molar-refractivity contribution is 5.74. The molecule has 0 aromatic heterocycles. The minimum absolute atomic E-state index is 0.0646. The van der Waals surface area contributed by atoms with Crippen molar-refractivity contribution in [2.24, 2.45) is 5.92 Å². The van der Waals surface area contributed by atoms with Gasteiger partial charge in [-0.2, -0.15) is 0 Å². The summed E-state index contributed by atoms with van der Waals surface area (Å²) in [7, 11) is 1.67. The molecule has 2 aliphatic rings. The van der Waals surface area contributed by atoms with E-state index in [2.05, 4.69) is 16.3 Å². The number of amides is 2. The lowest BCUT2D eigenvalue weighted by Gasteiger charge is -2.33. The van der Waals surface area contributed by atoms with E-state index in [-0.39, 0.29) is 18.0 Å². The number of rotatable bonds is 5. The van der Waals surface area contributed by atoms with Gasteiger partial charge in [0.1, 0.15) is 17.7 Å². The summed E-state index contributed by atoms with van der Waals surface area (Å²) < 4.78 is 24.3. The van der Waals surface area contributed by atoms with Crippen LogP contribution in [0.15, 0.2) is 48.5 Å². The molecule has 2 aromatic rings. The Morgan fingerprint density at radius 3 is 2.83 bits per heavy atom. The molecule has 0 bridgehead atoms. The summed E-state index contributed by atoms with van der Waals surface area (Å²) in [6.07, 6.45) is 0.818. The number of urea groups is 1. The number of hydrogen-bond acceptors (Lipinski definition) is 4. The van der Waals surface area contributed by atoms with Crippen molar-refractivity contribution in [2.75, 3.05) is 51.3 Å². The highest BCUT2D eigenvalue weighted by Gasteiger charge is 2.27. The van der Waals surface area contributed by atoms with E-state index >= 15 is 0 Å². The number of nitrogens with zero attached hydrogens (tertiary/aromatic N) is 2. The van der Waals surface area contributed by atoms with Gasteiger partial charge in [-0.1, -0.05) is 18.2 Å². The van der Waals surface area contributed by atoms with Crippen molar-refractivity contribution in [3.05, 3.63) is 59.9 Å². The third-order valence-electron chi connectivity index (χ3n) is 5.84. The van der Waals surface area contributed by atoms with Crippen LogP contribution in [0.4, 0.5) is 14.9 Å². The van der Waals surface area contributed by atoms with Crippen molar-refractivity contribution < 1.29 is 18.7 Å². The summed E-state index contributed by atoms with van der Waals surface area (Å²) in [4.78, 5) is 16.8. The number of morpholine rings is 1. The lowest BCUT2D eigenvalue weighted by Crippen LogP contribution is -2.48. The fourth-order valence-corrected chi connectivity index (χ4v) is 4.10. The topological polar surface area (TPSA) is 54.0 Å². The second kappa shape index (κ2) is 9.34. The Morgan fingerprint density at radius 2 is 2.03 bits per heavy atom. The van der Waals surface area contributed by atoms with Gasteiger partial charge < -0.3 is 24.6 Å². The zero-order valence-electron chi connectivity index (χ0n) is 17.2. The Bertz CT molecular complexity index is 861.